The molecule has 1 N–H and O–H groups in total. The van der Waals surface area contributed by atoms with Crippen LogP contribution in [0.2, 0.25) is 0 Å². The molecular weight excluding hydrogens is 211 g/mol. The lowest BCUT2D eigenvalue weighted by atomic mass is 10.3. The van der Waals surface area contributed by atoms with Gasteiger partial charge in [-0.25, -0.2) is 0 Å². The van der Waals surface area contributed by atoms with Crippen LogP contribution in [0.25, 0.3) is 0 Å². The molecule has 0 aromatic carbocycles. The van der Waals surface area contributed by atoms with E-state index in [-0.39, 0.29) is 6.54 Å². The molecule has 0 spiro atoms. The van der Waals surface area contributed by atoms with Crippen molar-refractivity contribution in [1.82, 2.24) is 4.72 Å². The van der Waals surface area contributed by atoms with Crippen molar-refractivity contribution in [3.05, 3.63) is 0 Å². The van der Waals surface area contributed by atoms with E-state index in [0.717, 1.165) is 17.6 Å². The lowest BCUT2D eigenvalue weighted by Gasteiger charge is -2.37. The Morgan fingerprint density at radius 2 is 2.00 bits per heavy atom. The van der Waals surface area contributed by atoms with Gasteiger partial charge in [0.15, 0.2) is 0 Å². The maximum Gasteiger partial charge on any atom is 0.372 e. The van der Waals surface area contributed by atoms with Crippen molar-refractivity contribution in [3.8, 4) is 0 Å². The summed E-state index contributed by atoms with van der Waals surface area (Å²) in [5, 5.41) is 0. The molecule has 0 amide bonds. The van der Waals surface area contributed by atoms with E-state index in [0.29, 0.717) is 19.8 Å². The lowest BCUT2D eigenvalue weighted by Crippen LogP contribution is -2.54. The van der Waals surface area contributed by atoms with E-state index in [1.54, 1.807) is 0 Å². The third kappa shape index (κ3) is 4.32. The first-order chi connectivity index (χ1) is 6.41. The monoisotopic (exact) mass is 227 g/mol. The van der Waals surface area contributed by atoms with Gasteiger partial charge in [0.1, 0.15) is 13.1 Å². The van der Waals surface area contributed by atoms with Gasteiger partial charge in [-0.15, -0.1) is 0 Å². The summed E-state index contributed by atoms with van der Waals surface area (Å²) in [5.41, 5.74) is 0. The van der Waals surface area contributed by atoms with Crippen molar-refractivity contribution in [2.75, 3.05) is 46.4 Å². The number of hydrogen-bond donors (Lipinski definition) is 1. The third-order valence-corrected chi connectivity index (χ3v) is 3.03. The average Bonchev–Trinajstić information content (AvgIpc) is 2.02. The predicted octanol–water partition coefficient (Wildman–Crippen LogP) is -0.733. The quantitative estimate of drug-likeness (QED) is 0.509. The minimum absolute atomic E-state index is 0.134. The number of ether oxygens (including phenoxy) is 1. The first kappa shape index (κ1) is 11.8. The number of halogens is 1. The molecule has 14 heavy (non-hydrogen) atoms. The predicted molar refractivity (Wildman–Crippen MR) is 49.6 cm³/mol. The van der Waals surface area contributed by atoms with Crippen molar-refractivity contribution in [1.29, 1.82) is 0 Å². The van der Waals surface area contributed by atoms with E-state index in [4.69, 9.17) is 4.74 Å². The standard InChI is InChI=1S/C7H16FN2O3S/c1-10(4-6-13-7-5-10)3-2-9-14(8,11)12/h9H,2-7H2,1H3/q+1. The number of hydrogen-bond acceptors (Lipinski definition) is 3. The third-order valence-electron chi connectivity index (χ3n) is 2.48. The highest BCUT2D eigenvalue weighted by Gasteiger charge is 2.25. The Hall–Kier alpha value is -0.240. The van der Waals surface area contributed by atoms with Crippen molar-refractivity contribution in [3.63, 3.8) is 0 Å². The summed E-state index contributed by atoms with van der Waals surface area (Å²) < 4.78 is 40.2. The Labute approximate surface area is 83.8 Å². The van der Waals surface area contributed by atoms with Crippen LogP contribution < -0.4 is 4.72 Å². The van der Waals surface area contributed by atoms with Crippen molar-refractivity contribution in [2.24, 2.45) is 0 Å². The van der Waals surface area contributed by atoms with Crippen LogP contribution in [0.4, 0.5) is 3.89 Å². The van der Waals surface area contributed by atoms with E-state index in [1.807, 2.05) is 11.8 Å². The van der Waals surface area contributed by atoms with E-state index in [1.165, 1.54) is 0 Å². The molecule has 0 bridgehead atoms. The molecule has 84 valence electrons. The number of morpholine rings is 1. The summed E-state index contributed by atoms with van der Waals surface area (Å²) in [6.45, 7) is 3.77. The van der Waals surface area contributed by atoms with Gasteiger partial charge in [-0.05, 0) is 0 Å². The van der Waals surface area contributed by atoms with Gasteiger partial charge in [0.2, 0.25) is 0 Å². The second-order valence-electron chi connectivity index (χ2n) is 3.73. The molecule has 7 heteroatoms. The van der Waals surface area contributed by atoms with Gasteiger partial charge in [-0.1, -0.05) is 3.89 Å². The van der Waals surface area contributed by atoms with Gasteiger partial charge in [-0.3, -0.25) is 0 Å². The van der Waals surface area contributed by atoms with E-state index >= 15 is 0 Å². The maximum atomic E-state index is 12.1. The second kappa shape index (κ2) is 4.52. The average molecular weight is 227 g/mol. The van der Waals surface area contributed by atoms with Gasteiger partial charge in [-0.2, -0.15) is 13.1 Å². The summed E-state index contributed by atoms with van der Waals surface area (Å²) in [6, 6.07) is 0. The van der Waals surface area contributed by atoms with E-state index in [2.05, 4.69) is 0 Å². The van der Waals surface area contributed by atoms with Crippen molar-refractivity contribution in [2.45, 2.75) is 0 Å². The molecule has 0 radical (unpaired) electrons. The maximum absolute atomic E-state index is 12.1. The highest BCUT2D eigenvalue weighted by atomic mass is 32.3. The Balaban J connectivity index is 2.29. The van der Waals surface area contributed by atoms with E-state index < -0.39 is 10.4 Å². The van der Waals surface area contributed by atoms with Crippen molar-refractivity contribution < 1.29 is 21.5 Å². The van der Waals surface area contributed by atoms with Gasteiger partial charge in [0.05, 0.1) is 33.4 Å². The lowest BCUT2D eigenvalue weighted by molar-refractivity contribution is -0.915. The second-order valence-corrected chi connectivity index (χ2v) is 4.90. The number of rotatable bonds is 4. The van der Waals surface area contributed by atoms with Crippen molar-refractivity contribution >= 4 is 10.4 Å². The fraction of sp³-hybridized carbons (Fsp3) is 1.00. The van der Waals surface area contributed by atoms with Crippen LogP contribution in [-0.4, -0.2) is 59.3 Å². The van der Waals surface area contributed by atoms with Crippen LogP contribution in [0.1, 0.15) is 0 Å². The zero-order valence-corrected chi connectivity index (χ0v) is 9.02. The highest BCUT2D eigenvalue weighted by Crippen LogP contribution is 2.06. The molecule has 0 aliphatic carbocycles. The van der Waals surface area contributed by atoms with Gasteiger partial charge >= 0.3 is 10.4 Å². The Kier molecular flexibility index (Phi) is 3.82. The Bertz CT molecular complexity index is 275. The Morgan fingerprint density at radius 3 is 2.50 bits per heavy atom. The van der Waals surface area contributed by atoms with Gasteiger partial charge < -0.3 is 9.22 Å². The summed E-state index contributed by atoms with van der Waals surface area (Å²) in [5.74, 6) is 0. The van der Waals surface area contributed by atoms with Crippen LogP contribution in [0, 0.1) is 0 Å². The minimum atomic E-state index is -4.54. The molecule has 5 nitrogen and oxygen atoms in total. The fourth-order valence-electron chi connectivity index (χ4n) is 1.44. The molecule has 1 aliphatic heterocycles. The smallest absolute Gasteiger partial charge is 0.370 e. The van der Waals surface area contributed by atoms with Crippen LogP contribution >= 0.6 is 0 Å². The first-order valence-electron chi connectivity index (χ1n) is 4.52. The van der Waals surface area contributed by atoms with Gasteiger partial charge in [0.25, 0.3) is 0 Å². The topological polar surface area (TPSA) is 55.4 Å². The normalized spacial score (nSPS) is 22.1. The molecule has 1 saturated heterocycles. The molecule has 0 atom stereocenters. The summed E-state index contributed by atoms with van der Waals surface area (Å²) in [7, 11) is -2.53. The fourth-order valence-corrected chi connectivity index (χ4v) is 1.78. The number of nitrogens with one attached hydrogen (secondary N) is 1. The summed E-state index contributed by atoms with van der Waals surface area (Å²) in [4.78, 5) is 0. The minimum Gasteiger partial charge on any atom is -0.370 e. The molecular formula is C7H16FN2O3S+. The van der Waals surface area contributed by atoms with Crippen LogP contribution in [0.5, 0.6) is 0 Å². The molecule has 0 aromatic heterocycles. The Morgan fingerprint density at radius 1 is 1.43 bits per heavy atom. The van der Waals surface area contributed by atoms with Crippen LogP contribution in [-0.2, 0) is 15.1 Å². The number of nitrogens with zero attached hydrogens (tertiary/aromatic N) is 1. The van der Waals surface area contributed by atoms with Crippen LogP contribution in [0.3, 0.4) is 0 Å². The van der Waals surface area contributed by atoms with Crippen LogP contribution in [0.15, 0.2) is 0 Å². The zero-order valence-electron chi connectivity index (χ0n) is 8.20. The SMILES string of the molecule is C[N+]1(CCNS(=O)(=O)F)CCOCC1. The molecule has 1 rings (SSSR count). The largest absolute Gasteiger partial charge is 0.372 e. The molecule has 0 aromatic rings. The highest BCUT2D eigenvalue weighted by molar-refractivity contribution is 7.84. The molecule has 1 heterocycles. The molecule has 1 aliphatic rings. The summed E-state index contributed by atoms with van der Waals surface area (Å²) in [6.07, 6.45) is 0. The van der Waals surface area contributed by atoms with E-state index in [9.17, 15) is 12.3 Å². The molecule has 0 saturated carbocycles. The van der Waals surface area contributed by atoms with Gasteiger partial charge in [0, 0.05) is 0 Å². The molecule has 0 unspecified atom stereocenters. The molecule has 1 fully saturated rings. The number of likely N-dealkylation sites (N-methyl/N-ethyl adjacent to an activating group) is 1. The first-order valence-corrected chi connectivity index (χ1v) is 5.90. The summed E-state index contributed by atoms with van der Waals surface area (Å²) >= 11 is 0. The zero-order chi connectivity index (χ0) is 10.7. The number of quaternary nitrogens is 1.